The van der Waals surface area contributed by atoms with E-state index in [1.165, 1.54) is 0 Å². The summed E-state index contributed by atoms with van der Waals surface area (Å²) in [5.74, 6) is -8.43. The van der Waals surface area contributed by atoms with Crippen molar-refractivity contribution in [2.75, 3.05) is 13.7 Å². The number of ether oxygens (including phenoxy) is 8. The molecule has 0 rings (SSSR count). The van der Waals surface area contributed by atoms with Gasteiger partial charge in [-0.05, 0) is 0 Å². The maximum absolute atomic E-state index is 12.6. The molecule has 220 valence electrons. The summed E-state index contributed by atoms with van der Waals surface area (Å²) >= 11 is 0. The average molecular weight is 564 g/mol. The van der Waals surface area contributed by atoms with Crippen molar-refractivity contribution in [3.05, 3.63) is 0 Å². The molecule has 0 unspecified atom stereocenters. The minimum Gasteiger partial charge on any atom is -0.466 e. The Balaban J connectivity index is 7.31. The fourth-order valence-electron chi connectivity index (χ4n) is 3.22. The first-order valence-corrected chi connectivity index (χ1v) is 11.2. The summed E-state index contributed by atoms with van der Waals surface area (Å²) < 4.78 is 40.5. The summed E-state index contributed by atoms with van der Waals surface area (Å²) in [6, 6.07) is 0. The van der Waals surface area contributed by atoms with Crippen LogP contribution >= 0.6 is 0 Å². The Morgan fingerprint density at radius 3 is 1.18 bits per heavy atom. The quantitative estimate of drug-likeness (QED) is 0.189. The predicted molar refractivity (Wildman–Crippen MR) is 122 cm³/mol. The summed E-state index contributed by atoms with van der Waals surface area (Å²) in [5.41, 5.74) is 0. The zero-order valence-electron chi connectivity index (χ0n) is 22.7. The summed E-state index contributed by atoms with van der Waals surface area (Å²) in [6.45, 7) is 5.76. The summed E-state index contributed by atoms with van der Waals surface area (Å²) in [5, 5.41) is 0. The van der Waals surface area contributed by atoms with E-state index < -0.39 is 91.0 Å². The van der Waals surface area contributed by atoms with Crippen molar-refractivity contribution in [3.63, 3.8) is 0 Å². The Morgan fingerprint density at radius 2 is 0.821 bits per heavy atom. The van der Waals surface area contributed by atoms with Crippen LogP contribution in [-0.4, -0.2) is 98.1 Å². The van der Waals surface area contributed by atoms with Crippen molar-refractivity contribution in [1.82, 2.24) is 0 Å². The number of carbonyl (C=O) groups excluding carboxylic acids is 8. The topological polar surface area (TPSA) is 210 Å². The van der Waals surface area contributed by atoms with E-state index in [1.807, 2.05) is 0 Å². The smallest absolute Gasteiger partial charge is 0.351 e. The first-order valence-electron chi connectivity index (χ1n) is 11.2. The first kappa shape index (κ1) is 34.8. The average Bonchev–Trinajstić information content (AvgIpc) is 2.78. The van der Waals surface area contributed by atoms with Crippen LogP contribution in [0.5, 0.6) is 0 Å². The minimum atomic E-state index is -2.10. The lowest BCUT2D eigenvalue weighted by Gasteiger charge is -2.39. The van der Waals surface area contributed by atoms with E-state index in [0.29, 0.717) is 0 Å². The molecule has 0 heterocycles. The fraction of sp³-hybridized carbons (Fsp3) is 0.652. The lowest BCUT2D eigenvalue weighted by molar-refractivity contribution is -0.223. The molecule has 0 aliphatic heterocycles. The third kappa shape index (κ3) is 13.2. The predicted octanol–water partition coefficient (Wildman–Crippen LogP) is -0.687. The van der Waals surface area contributed by atoms with Gasteiger partial charge in [0, 0.05) is 48.5 Å². The van der Waals surface area contributed by atoms with E-state index >= 15 is 0 Å². The van der Waals surface area contributed by atoms with Gasteiger partial charge in [-0.25, -0.2) is 4.79 Å². The van der Waals surface area contributed by atoms with E-state index in [2.05, 4.69) is 4.74 Å². The Labute approximate surface area is 223 Å². The van der Waals surface area contributed by atoms with Gasteiger partial charge in [-0.15, -0.1) is 0 Å². The number of carbonyl (C=O) groups is 8. The van der Waals surface area contributed by atoms with Crippen molar-refractivity contribution >= 4 is 47.8 Å². The molecule has 0 N–H and O–H groups in total. The number of methoxy groups -OCH3 is 1. The van der Waals surface area contributed by atoms with Gasteiger partial charge in [-0.1, -0.05) is 0 Å². The molecule has 0 saturated heterocycles. The van der Waals surface area contributed by atoms with E-state index in [-0.39, 0.29) is 0 Å². The molecule has 0 spiro atoms. The number of hydrogen-bond acceptors (Lipinski definition) is 16. The van der Waals surface area contributed by atoms with Gasteiger partial charge in [0.05, 0.1) is 7.11 Å². The highest BCUT2D eigenvalue weighted by molar-refractivity contribution is 5.80. The molecule has 16 heteroatoms. The zero-order valence-corrected chi connectivity index (χ0v) is 22.7. The van der Waals surface area contributed by atoms with Crippen molar-refractivity contribution in [3.8, 4) is 0 Å². The molecule has 16 nitrogen and oxygen atoms in total. The summed E-state index contributed by atoms with van der Waals surface area (Å²) in [4.78, 5) is 96.0. The molecule has 0 aliphatic carbocycles. The van der Waals surface area contributed by atoms with Crippen LogP contribution in [0.15, 0.2) is 0 Å². The molecule has 0 bridgehead atoms. The highest BCUT2D eigenvalue weighted by Gasteiger charge is 2.52. The van der Waals surface area contributed by atoms with Gasteiger partial charge in [-0.3, -0.25) is 33.6 Å². The highest BCUT2D eigenvalue weighted by Crippen LogP contribution is 2.26. The monoisotopic (exact) mass is 564 g/mol. The van der Waals surface area contributed by atoms with Crippen LogP contribution in [0.3, 0.4) is 0 Å². The lowest BCUT2D eigenvalue weighted by atomic mass is 9.95. The van der Waals surface area contributed by atoms with Crippen LogP contribution in [0.4, 0.5) is 0 Å². The third-order valence-corrected chi connectivity index (χ3v) is 4.34. The molecule has 0 aromatic heterocycles. The Hall–Kier alpha value is -4.24. The summed E-state index contributed by atoms with van der Waals surface area (Å²) in [6.07, 6.45) is -11.9. The maximum atomic E-state index is 12.6. The standard InChI is InChI=1S/C23H32O16/c1-10(24)33-9-17(34-11(2)25)18(35-12(3)26)19(36-13(4)27)20(37-14(5)28)21(38-15(6)29)22(23(31)32-8)39-16(7)30/h17-22H,9H2,1-8H3/t17-,18-,19+,20+,21-,22+/m1/s1. The molecule has 0 aromatic carbocycles. The molecular weight excluding hydrogens is 532 g/mol. The van der Waals surface area contributed by atoms with E-state index in [4.69, 9.17) is 33.2 Å². The molecule has 6 atom stereocenters. The number of hydrogen-bond donors (Lipinski definition) is 0. The molecule has 0 aromatic rings. The molecule has 0 amide bonds. The van der Waals surface area contributed by atoms with Crippen LogP contribution in [-0.2, 0) is 76.3 Å². The SMILES string of the molecule is COC(=O)[C@@H](OC(C)=O)[C@H](OC(C)=O)[C@@H](OC(C)=O)[C@@H](OC(C)=O)[C@H](OC(C)=O)[C@@H](COC(C)=O)OC(C)=O. The van der Waals surface area contributed by atoms with E-state index in [0.717, 1.165) is 55.6 Å². The molecular formula is C23H32O16. The van der Waals surface area contributed by atoms with E-state index in [1.54, 1.807) is 0 Å². The Kier molecular flexibility index (Phi) is 14.8. The van der Waals surface area contributed by atoms with Crippen molar-refractivity contribution in [1.29, 1.82) is 0 Å². The largest absolute Gasteiger partial charge is 0.466 e. The van der Waals surface area contributed by atoms with Crippen LogP contribution in [0.2, 0.25) is 0 Å². The highest BCUT2D eigenvalue weighted by atomic mass is 16.7. The first-order chi connectivity index (χ1) is 18.0. The summed E-state index contributed by atoms with van der Waals surface area (Å²) in [7, 11) is 0.908. The van der Waals surface area contributed by atoms with Crippen LogP contribution < -0.4 is 0 Å². The molecule has 0 fully saturated rings. The van der Waals surface area contributed by atoms with Crippen molar-refractivity contribution in [2.45, 2.75) is 85.1 Å². The number of rotatable bonds is 14. The molecule has 0 aliphatic rings. The van der Waals surface area contributed by atoms with E-state index in [9.17, 15) is 38.4 Å². The van der Waals surface area contributed by atoms with Crippen LogP contribution in [0.1, 0.15) is 48.5 Å². The van der Waals surface area contributed by atoms with Crippen LogP contribution in [0, 0.1) is 0 Å². The van der Waals surface area contributed by atoms with Gasteiger partial charge < -0.3 is 37.9 Å². The van der Waals surface area contributed by atoms with Gasteiger partial charge in [0.2, 0.25) is 6.10 Å². The van der Waals surface area contributed by atoms with Gasteiger partial charge in [0.25, 0.3) is 0 Å². The second-order valence-corrected chi connectivity index (χ2v) is 7.80. The van der Waals surface area contributed by atoms with Crippen molar-refractivity contribution < 1.29 is 76.3 Å². The van der Waals surface area contributed by atoms with Gasteiger partial charge in [0.1, 0.15) is 6.61 Å². The third-order valence-electron chi connectivity index (χ3n) is 4.34. The molecule has 0 saturated carbocycles. The van der Waals surface area contributed by atoms with Gasteiger partial charge in [0.15, 0.2) is 30.5 Å². The zero-order chi connectivity index (χ0) is 30.4. The Bertz CT molecular complexity index is 940. The van der Waals surface area contributed by atoms with Crippen LogP contribution in [0.25, 0.3) is 0 Å². The lowest BCUT2D eigenvalue weighted by Crippen LogP contribution is -2.60. The van der Waals surface area contributed by atoms with Gasteiger partial charge >= 0.3 is 47.8 Å². The molecule has 0 radical (unpaired) electrons. The second-order valence-electron chi connectivity index (χ2n) is 7.80. The fourth-order valence-corrected chi connectivity index (χ4v) is 3.22. The second kappa shape index (κ2) is 16.6. The minimum absolute atomic E-state index is 0.750. The molecule has 39 heavy (non-hydrogen) atoms. The van der Waals surface area contributed by atoms with Gasteiger partial charge in [-0.2, -0.15) is 0 Å². The normalized spacial score (nSPS) is 15.0. The number of esters is 8. The Morgan fingerprint density at radius 1 is 0.462 bits per heavy atom. The maximum Gasteiger partial charge on any atom is 0.351 e. The van der Waals surface area contributed by atoms with Crippen molar-refractivity contribution in [2.24, 2.45) is 0 Å².